The molecular formula is C49H58F2N4O9S7. The number of anilines is 2. The molecule has 2 aromatic heterocycles. The Bertz CT molecular complexity index is 2970. The van der Waals surface area contributed by atoms with Gasteiger partial charge >= 0.3 is 0 Å². The summed E-state index contributed by atoms with van der Waals surface area (Å²) in [4.78, 5) is 5.62. The van der Waals surface area contributed by atoms with Crippen LogP contribution in [0.15, 0.2) is 150 Å². The third-order valence-electron chi connectivity index (χ3n) is 11.4. The predicted molar refractivity (Wildman–Crippen MR) is 283 cm³/mol. The Hall–Kier alpha value is -3.91. The van der Waals surface area contributed by atoms with Crippen LogP contribution in [-0.2, 0) is 45.5 Å². The second-order valence-electron chi connectivity index (χ2n) is 17.7. The van der Waals surface area contributed by atoms with Crippen molar-refractivity contribution in [1.82, 2.24) is 8.61 Å². The van der Waals surface area contributed by atoms with Gasteiger partial charge in [0.15, 0.2) is 0 Å². The molecule has 0 unspecified atom stereocenters. The molecule has 0 spiro atoms. The molecule has 71 heavy (non-hydrogen) atoms. The van der Waals surface area contributed by atoms with Gasteiger partial charge in [-0.05, 0) is 122 Å². The van der Waals surface area contributed by atoms with Crippen molar-refractivity contribution in [2.45, 2.75) is 69.2 Å². The fraction of sp³-hybridized carbons (Fsp3) is 0.347. The van der Waals surface area contributed by atoms with Gasteiger partial charge in [0.1, 0.15) is 20.1 Å². The van der Waals surface area contributed by atoms with Crippen LogP contribution in [0.25, 0.3) is 0 Å². The molecule has 22 heteroatoms. The molecule has 2 atom stereocenters. The second-order valence-corrected chi connectivity index (χ2v) is 27.2. The number of hydrogen-bond acceptors (Lipinski definition) is 15. The summed E-state index contributed by atoms with van der Waals surface area (Å²) in [5.41, 5.74) is 1.42. The topological polar surface area (TPSA) is 165 Å². The molecule has 0 amide bonds. The number of benzene rings is 4. The molecular weight excluding hydrogens is 1050 g/mol. The van der Waals surface area contributed by atoms with Gasteiger partial charge in [-0.3, -0.25) is 4.18 Å². The minimum atomic E-state index is -3.68. The number of piperazine rings is 2. The maximum atomic E-state index is 13.7. The molecule has 0 radical (unpaired) electrons. The van der Waals surface area contributed by atoms with Gasteiger partial charge < -0.3 is 20.0 Å². The Balaban J connectivity index is 0.000000201. The zero-order chi connectivity index (χ0) is 51.8. The van der Waals surface area contributed by atoms with E-state index in [-0.39, 0.29) is 41.6 Å². The fourth-order valence-corrected chi connectivity index (χ4v) is 14.6. The van der Waals surface area contributed by atoms with E-state index in [9.17, 15) is 44.2 Å². The van der Waals surface area contributed by atoms with Crippen LogP contribution in [0.4, 0.5) is 20.2 Å². The maximum absolute atomic E-state index is 13.7. The van der Waals surface area contributed by atoms with Crippen molar-refractivity contribution in [3.05, 3.63) is 155 Å². The van der Waals surface area contributed by atoms with Crippen LogP contribution in [0.2, 0.25) is 0 Å². The molecule has 384 valence electrons. The van der Waals surface area contributed by atoms with Gasteiger partial charge in [0.25, 0.3) is 30.2 Å². The van der Waals surface area contributed by atoms with E-state index in [1.54, 1.807) is 97.4 Å². The SMILES string of the molecule is CC(C)(O)c1ccc(N2CCN(S(=O)(=O)c3cccs3)C[C@@H]2COS(C)(=O)=O)cc1.CC(C)(O)c1ccc(N2CCN(S(=O)(=O)c3cccs3)C[C@@H]2CSc2cccc(F)c2)cc1.Fc1cccc(S)c1. The maximum Gasteiger partial charge on any atom is 0.264 e. The van der Waals surface area contributed by atoms with Crippen LogP contribution in [-0.4, -0.2) is 114 Å². The number of thioether (sulfide) groups is 1. The monoisotopic (exact) mass is 1110 g/mol. The molecule has 0 saturated carbocycles. The lowest BCUT2D eigenvalue weighted by atomic mass is 9.98. The average Bonchev–Trinajstić information content (AvgIpc) is 4.08. The average molecular weight is 1110 g/mol. The van der Waals surface area contributed by atoms with Gasteiger partial charge in [0.05, 0.1) is 36.1 Å². The highest BCUT2D eigenvalue weighted by Gasteiger charge is 2.37. The molecule has 8 rings (SSSR count). The minimum Gasteiger partial charge on any atom is -0.386 e. The van der Waals surface area contributed by atoms with E-state index >= 15 is 0 Å². The number of rotatable bonds is 14. The molecule has 2 saturated heterocycles. The van der Waals surface area contributed by atoms with Crippen LogP contribution in [0.3, 0.4) is 0 Å². The Kier molecular flexibility index (Phi) is 19.0. The first-order valence-corrected chi connectivity index (χ1v) is 30.1. The van der Waals surface area contributed by atoms with Crippen LogP contribution >= 0.6 is 47.1 Å². The molecule has 4 aromatic carbocycles. The smallest absolute Gasteiger partial charge is 0.264 e. The van der Waals surface area contributed by atoms with Crippen LogP contribution in [0.5, 0.6) is 0 Å². The molecule has 2 aliphatic heterocycles. The molecule has 2 fully saturated rings. The van der Waals surface area contributed by atoms with E-state index in [4.69, 9.17) is 4.18 Å². The number of thiophene rings is 2. The van der Waals surface area contributed by atoms with Crippen molar-refractivity contribution in [2.75, 3.05) is 67.7 Å². The van der Waals surface area contributed by atoms with Crippen molar-refractivity contribution in [3.8, 4) is 0 Å². The first-order chi connectivity index (χ1) is 33.3. The van der Waals surface area contributed by atoms with Gasteiger partial charge in [-0.25, -0.2) is 25.6 Å². The summed E-state index contributed by atoms with van der Waals surface area (Å²) in [6.45, 7) is 8.73. The number of sulfonamides is 2. The van der Waals surface area contributed by atoms with Gasteiger partial charge in [0.2, 0.25) is 0 Å². The highest BCUT2D eigenvalue weighted by atomic mass is 32.3. The number of nitrogens with zero attached hydrogens (tertiary/aromatic N) is 4. The minimum absolute atomic E-state index is 0.100. The highest BCUT2D eigenvalue weighted by Crippen LogP contribution is 2.33. The van der Waals surface area contributed by atoms with E-state index in [0.717, 1.165) is 45.0 Å². The summed E-state index contributed by atoms with van der Waals surface area (Å²) in [6.07, 6.45) is 0.971. The van der Waals surface area contributed by atoms with Gasteiger partial charge in [0, 0.05) is 66.2 Å². The first-order valence-electron chi connectivity index (χ1n) is 22.2. The molecule has 13 nitrogen and oxygen atoms in total. The van der Waals surface area contributed by atoms with Crippen LogP contribution in [0, 0.1) is 11.6 Å². The number of aliphatic hydroxyl groups is 2. The third kappa shape index (κ3) is 15.8. The molecule has 6 aromatic rings. The van der Waals surface area contributed by atoms with Crippen molar-refractivity contribution < 1.29 is 48.4 Å². The number of hydrogen-bond donors (Lipinski definition) is 3. The summed E-state index contributed by atoms with van der Waals surface area (Å²) in [5, 5.41) is 23.9. The lowest BCUT2D eigenvalue weighted by molar-refractivity contribution is 0.0780. The standard InChI is InChI=1S/C24H27FN2O3S3.C19H26N2O6S3.C6H5FS/c1-24(2,28)18-8-10-20(11-9-18)27-13-12-26(33(29,30)23-7-4-14-31-23)16-21(27)17-32-22-6-3-5-19(25)15-22;1-19(2,22)15-6-8-16(9-7-15)21-11-10-20(13-17(21)14-27-29(3,23)24)30(25,26)18-5-4-12-28-18;7-5-2-1-3-6(8)4-5/h3-11,14-15,21,28H,12-13,16-17H2,1-2H3;4-9,12,17,22H,10-11,13-14H2,1-3H3;1-4,8H/t21-;17-;/m11./s1. The first kappa shape index (κ1) is 56.4. The molecule has 4 heterocycles. The van der Waals surface area contributed by atoms with Crippen molar-refractivity contribution in [1.29, 1.82) is 0 Å². The molecule has 2 N–H and O–H groups in total. The van der Waals surface area contributed by atoms with E-state index in [0.29, 0.717) is 41.0 Å². The van der Waals surface area contributed by atoms with Crippen molar-refractivity contribution in [3.63, 3.8) is 0 Å². The molecule has 0 aliphatic carbocycles. The lowest BCUT2D eigenvalue weighted by Crippen LogP contribution is -2.56. The van der Waals surface area contributed by atoms with E-state index in [1.807, 2.05) is 47.4 Å². The normalized spacial score (nSPS) is 17.5. The van der Waals surface area contributed by atoms with Crippen LogP contribution < -0.4 is 9.80 Å². The zero-order valence-corrected chi connectivity index (χ0v) is 45.5. The summed E-state index contributed by atoms with van der Waals surface area (Å²) < 4.78 is 110. The summed E-state index contributed by atoms with van der Waals surface area (Å²) >= 11 is 7.80. The summed E-state index contributed by atoms with van der Waals surface area (Å²) in [6, 6.07) is 33.6. The van der Waals surface area contributed by atoms with Crippen molar-refractivity contribution in [2.24, 2.45) is 0 Å². The van der Waals surface area contributed by atoms with Gasteiger partial charge in [-0.2, -0.15) is 17.0 Å². The largest absolute Gasteiger partial charge is 0.386 e. The predicted octanol–water partition coefficient (Wildman–Crippen LogP) is 8.73. The van der Waals surface area contributed by atoms with Crippen LogP contribution in [0.1, 0.15) is 38.8 Å². The molecule has 0 bridgehead atoms. The lowest BCUT2D eigenvalue weighted by Gasteiger charge is -2.42. The van der Waals surface area contributed by atoms with E-state index in [2.05, 4.69) is 17.5 Å². The van der Waals surface area contributed by atoms with E-state index in [1.165, 1.54) is 51.7 Å². The Morgan fingerprint density at radius 2 is 1.08 bits per heavy atom. The van der Waals surface area contributed by atoms with Gasteiger partial charge in [-0.1, -0.05) is 48.5 Å². The molecule has 2 aliphatic rings. The highest BCUT2D eigenvalue weighted by molar-refractivity contribution is 7.99. The summed E-state index contributed by atoms with van der Waals surface area (Å²) in [5.74, 6) is 0.0785. The quantitative estimate of drug-likeness (QED) is 0.0541. The Labute approximate surface area is 434 Å². The number of thiol groups is 1. The Morgan fingerprint density at radius 1 is 0.634 bits per heavy atom. The third-order valence-corrected chi connectivity index (χ3v) is 19.9. The van der Waals surface area contributed by atoms with Crippen molar-refractivity contribution >= 4 is 88.6 Å². The van der Waals surface area contributed by atoms with E-state index < -0.39 is 47.4 Å². The number of halogens is 2. The second kappa shape index (κ2) is 24.0. The zero-order valence-electron chi connectivity index (χ0n) is 39.7. The van der Waals surface area contributed by atoms with Gasteiger partial charge in [-0.15, -0.1) is 47.1 Å². The Morgan fingerprint density at radius 3 is 1.48 bits per heavy atom. The summed E-state index contributed by atoms with van der Waals surface area (Å²) in [7, 11) is -10.9. The fourth-order valence-electron chi connectivity index (χ4n) is 7.68.